The number of pyridine rings is 1. The number of nitrogens with zero attached hydrogens (tertiary/aromatic N) is 6. The lowest BCUT2D eigenvalue weighted by Gasteiger charge is -2.34. The number of rotatable bonds is 4. The molecule has 0 radical (unpaired) electrons. The molecule has 1 amide bonds. The van der Waals surface area contributed by atoms with Crippen molar-refractivity contribution in [3.8, 4) is 16.9 Å². The van der Waals surface area contributed by atoms with Gasteiger partial charge in [-0.1, -0.05) is 12.1 Å². The van der Waals surface area contributed by atoms with Crippen molar-refractivity contribution in [2.45, 2.75) is 32.2 Å². The number of benzene rings is 1. The average Bonchev–Trinajstić information content (AvgIpc) is 3.54. The average molecular weight is 458 g/mol. The molecule has 0 bridgehead atoms. The van der Waals surface area contributed by atoms with Gasteiger partial charge in [0.15, 0.2) is 11.5 Å². The van der Waals surface area contributed by atoms with E-state index < -0.39 is 0 Å². The predicted octanol–water partition coefficient (Wildman–Crippen LogP) is 3.55. The van der Waals surface area contributed by atoms with E-state index in [-0.39, 0.29) is 11.9 Å². The van der Waals surface area contributed by atoms with Crippen molar-refractivity contribution in [3.63, 3.8) is 0 Å². The largest absolute Gasteiger partial charge is 0.377 e. The zero-order valence-electron chi connectivity index (χ0n) is 19.1. The van der Waals surface area contributed by atoms with Crippen molar-refractivity contribution >= 4 is 28.4 Å². The first-order valence-corrected chi connectivity index (χ1v) is 11.8. The van der Waals surface area contributed by atoms with Gasteiger partial charge in [-0.05, 0) is 49.1 Å². The van der Waals surface area contributed by atoms with Gasteiger partial charge in [0.2, 0.25) is 5.91 Å². The Hall–Kier alpha value is -3.72. The molecule has 1 atom stereocenters. The normalized spacial score (nSPS) is 19.2. The number of carbonyl (C=O) groups is 1. The number of hydrogen-bond acceptors (Lipinski definition) is 6. The lowest BCUT2D eigenvalue weighted by molar-refractivity contribution is -0.119. The van der Waals surface area contributed by atoms with Crippen molar-refractivity contribution in [2.75, 3.05) is 36.1 Å². The summed E-state index contributed by atoms with van der Waals surface area (Å²) in [6.45, 7) is 5.08. The van der Waals surface area contributed by atoms with Crippen LogP contribution in [0.1, 0.15) is 26.2 Å². The summed E-state index contributed by atoms with van der Waals surface area (Å²) in [5.41, 5.74) is 3.84. The molecule has 2 aliphatic heterocycles. The Bertz CT molecular complexity index is 1310. The smallest absolute Gasteiger partial charge is 0.226 e. The highest BCUT2D eigenvalue weighted by atomic mass is 16.5. The lowest BCUT2D eigenvalue weighted by Crippen LogP contribution is -2.44. The SMILES string of the molecule is C[C@@H]1COCCN1c1cc(-c2ccc(N3CCCCC3=O)cc2)c2cnn(-c3ccn[nH]3)c2n1. The molecule has 6 rings (SSSR count). The van der Waals surface area contributed by atoms with Crippen LogP contribution in [0.2, 0.25) is 0 Å². The Morgan fingerprint density at radius 2 is 2.00 bits per heavy atom. The summed E-state index contributed by atoms with van der Waals surface area (Å²) >= 11 is 0. The Labute approximate surface area is 197 Å². The molecule has 2 aliphatic rings. The van der Waals surface area contributed by atoms with E-state index >= 15 is 0 Å². The summed E-state index contributed by atoms with van der Waals surface area (Å²) in [4.78, 5) is 21.6. The number of morpholine rings is 1. The second-order valence-electron chi connectivity index (χ2n) is 8.93. The number of aromatic amines is 1. The number of fused-ring (bicyclic) bond motifs is 1. The first-order valence-electron chi connectivity index (χ1n) is 11.8. The van der Waals surface area contributed by atoms with E-state index in [1.54, 1.807) is 10.9 Å². The van der Waals surface area contributed by atoms with Gasteiger partial charge in [-0.2, -0.15) is 14.9 Å². The second-order valence-corrected chi connectivity index (χ2v) is 8.93. The van der Waals surface area contributed by atoms with Crippen LogP contribution in [0.25, 0.3) is 28.0 Å². The molecule has 5 heterocycles. The Kier molecular flexibility index (Phi) is 5.26. The van der Waals surface area contributed by atoms with Crippen molar-refractivity contribution < 1.29 is 9.53 Å². The van der Waals surface area contributed by atoms with Gasteiger partial charge < -0.3 is 14.5 Å². The van der Waals surface area contributed by atoms with Gasteiger partial charge in [0, 0.05) is 36.7 Å². The van der Waals surface area contributed by atoms with E-state index in [0.29, 0.717) is 19.6 Å². The standard InChI is InChI=1S/C25H27N7O2/c1-17-16-34-13-12-30(17)23-14-20(21-15-27-32(25(21)28-23)22-9-10-26-29-22)18-5-7-19(8-6-18)31-11-3-2-4-24(31)33/h5-10,14-15,17H,2-4,11-13,16H2,1H3,(H,26,29)/t17-/m1/s1. The zero-order valence-corrected chi connectivity index (χ0v) is 19.1. The van der Waals surface area contributed by atoms with Crippen LogP contribution >= 0.6 is 0 Å². The van der Waals surface area contributed by atoms with Crippen molar-refractivity contribution in [1.29, 1.82) is 0 Å². The summed E-state index contributed by atoms with van der Waals surface area (Å²) in [6, 6.07) is 12.5. The first-order chi connectivity index (χ1) is 16.7. The van der Waals surface area contributed by atoms with Gasteiger partial charge in [0.25, 0.3) is 0 Å². The summed E-state index contributed by atoms with van der Waals surface area (Å²) < 4.78 is 7.44. The van der Waals surface area contributed by atoms with Crippen LogP contribution in [0.15, 0.2) is 48.8 Å². The van der Waals surface area contributed by atoms with Crippen LogP contribution in [0.3, 0.4) is 0 Å². The minimum atomic E-state index is 0.203. The first kappa shape index (κ1) is 20.9. The molecule has 9 nitrogen and oxygen atoms in total. The third kappa shape index (κ3) is 3.62. The molecule has 0 saturated carbocycles. The van der Waals surface area contributed by atoms with Gasteiger partial charge in [0.05, 0.1) is 31.6 Å². The maximum atomic E-state index is 12.4. The topological polar surface area (TPSA) is 92.2 Å². The number of anilines is 2. The molecule has 2 fully saturated rings. The minimum Gasteiger partial charge on any atom is -0.377 e. The highest BCUT2D eigenvalue weighted by Crippen LogP contribution is 2.34. The molecule has 1 aromatic carbocycles. The Balaban J connectivity index is 1.46. The summed E-state index contributed by atoms with van der Waals surface area (Å²) in [7, 11) is 0. The van der Waals surface area contributed by atoms with Crippen molar-refractivity contribution in [3.05, 3.63) is 48.8 Å². The highest BCUT2D eigenvalue weighted by Gasteiger charge is 2.24. The lowest BCUT2D eigenvalue weighted by atomic mass is 10.0. The number of aromatic nitrogens is 5. The molecular weight excluding hydrogens is 430 g/mol. The number of hydrogen-bond donors (Lipinski definition) is 1. The summed E-state index contributed by atoms with van der Waals surface area (Å²) in [5.74, 6) is 1.86. The predicted molar refractivity (Wildman–Crippen MR) is 130 cm³/mol. The minimum absolute atomic E-state index is 0.203. The molecule has 1 N–H and O–H groups in total. The number of piperidine rings is 1. The number of amides is 1. The quantitative estimate of drug-likeness (QED) is 0.504. The number of ether oxygens (including phenoxy) is 1. The molecular formula is C25H27N7O2. The molecule has 0 unspecified atom stereocenters. The maximum Gasteiger partial charge on any atom is 0.226 e. The van der Waals surface area contributed by atoms with Gasteiger partial charge in [-0.15, -0.1) is 0 Å². The monoisotopic (exact) mass is 457 g/mol. The molecule has 0 spiro atoms. The van der Waals surface area contributed by atoms with Crippen LogP contribution in [0.5, 0.6) is 0 Å². The summed E-state index contributed by atoms with van der Waals surface area (Å²) in [5, 5.41) is 12.6. The van der Waals surface area contributed by atoms with E-state index in [1.165, 1.54) is 0 Å². The van der Waals surface area contributed by atoms with Crippen LogP contribution in [-0.2, 0) is 9.53 Å². The van der Waals surface area contributed by atoms with Crippen molar-refractivity contribution in [2.24, 2.45) is 0 Å². The maximum absolute atomic E-state index is 12.4. The third-order valence-electron chi connectivity index (χ3n) is 6.72. The van der Waals surface area contributed by atoms with Crippen LogP contribution < -0.4 is 9.80 Å². The summed E-state index contributed by atoms with van der Waals surface area (Å²) in [6.07, 6.45) is 6.21. The Morgan fingerprint density at radius 3 is 2.76 bits per heavy atom. The highest BCUT2D eigenvalue weighted by molar-refractivity contribution is 5.97. The van der Waals surface area contributed by atoms with Crippen LogP contribution in [-0.4, -0.2) is 63.2 Å². The van der Waals surface area contributed by atoms with Gasteiger partial charge in [-0.25, -0.2) is 4.98 Å². The van der Waals surface area contributed by atoms with E-state index in [2.05, 4.69) is 45.3 Å². The fourth-order valence-electron chi connectivity index (χ4n) is 4.88. The van der Waals surface area contributed by atoms with Crippen molar-refractivity contribution in [1.82, 2.24) is 25.0 Å². The molecule has 34 heavy (non-hydrogen) atoms. The molecule has 2 saturated heterocycles. The number of H-pyrrole nitrogens is 1. The number of carbonyl (C=O) groups excluding carboxylic acids is 1. The van der Waals surface area contributed by atoms with Gasteiger partial charge in [0.1, 0.15) is 5.82 Å². The fourth-order valence-corrected chi connectivity index (χ4v) is 4.88. The molecule has 174 valence electrons. The molecule has 9 heteroatoms. The zero-order chi connectivity index (χ0) is 23.1. The number of nitrogens with one attached hydrogen (secondary N) is 1. The van der Waals surface area contributed by atoms with E-state index in [4.69, 9.17) is 9.72 Å². The van der Waals surface area contributed by atoms with Crippen LogP contribution in [0.4, 0.5) is 11.5 Å². The Morgan fingerprint density at radius 1 is 1.12 bits per heavy atom. The molecule has 3 aromatic heterocycles. The fraction of sp³-hybridized carbons (Fsp3) is 0.360. The van der Waals surface area contributed by atoms with Crippen LogP contribution in [0, 0.1) is 0 Å². The van der Waals surface area contributed by atoms with E-state index in [1.807, 2.05) is 29.3 Å². The molecule has 0 aliphatic carbocycles. The van der Waals surface area contributed by atoms with Gasteiger partial charge in [-0.3, -0.25) is 9.89 Å². The third-order valence-corrected chi connectivity index (χ3v) is 6.72. The second kappa shape index (κ2) is 8.57. The van der Waals surface area contributed by atoms with E-state index in [0.717, 1.165) is 65.4 Å². The molecule has 4 aromatic rings. The van der Waals surface area contributed by atoms with Gasteiger partial charge >= 0.3 is 0 Å². The van der Waals surface area contributed by atoms with E-state index in [9.17, 15) is 4.79 Å².